The third-order valence-corrected chi connectivity index (χ3v) is 6.00. The summed E-state index contributed by atoms with van der Waals surface area (Å²) in [6.07, 6.45) is -0.193. The van der Waals surface area contributed by atoms with E-state index in [9.17, 15) is 18.0 Å². The minimum absolute atomic E-state index is 0.0245. The second-order valence-corrected chi connectivity index (χ2v) is 8.85. The molecule has 3 rings (SSSR count). The Morgan fingerprint density at radius 3 is 2.57 bits per heavy atom. The Hall–Kier alpha value is -2.58. The van der Waals surface area contributed by atoms with Gasteiger partial charge in [-0.15, -0.1) is 0 Å². The predicted octanol–water partition coefficient (Wildman–Crippen LogP) is 3.45. The van der Waals surface area contributed by atoms with Crippen LogP contribution in [0.25, 0.3) is 0 Å². The number of nitrogens with zero attached hydrogens (tertiary/aromatic N) is 1. The van der Waals surface area contributed by atoms with E-state index < -0.39 is 21.8 Å². The van der Waals surface area contributed by atoms with Crippen LogP contribution in [0.15, 0.2) is 42.5 Å². The number of anilines is 2. The molecule has 0 aliphatic carbocycles. The number of ether oxygens (including phenoxy) is 1. The first-order valence-electron chi connectivity index (χ1n) is 8.61. The summed E-state index contributed by atoms with van der Waals surface area (Å²) in [4.78, 5) is 24.7. The van der Waals surface area contributed by atoms with Crippen molar-refractivity contribution in [1.29, 1.82) is 0 Å². The lowest BCUT2D eigenvalue weighted by Gasteiger charge is -2.18. The number of benzene rings is 2. The number of hydrogen-bond donors (Lipinski definition) is 1. The van der Waals surface area contributed by atoms with E-state index >= 15 is 0 Å². The van der Waals surface area contributed by atoms with Crippen molar-refractivity contribution in [2.24, 2.45) is 0 Å². The van der Waals surface area contributed by atoms with E-state index in [-0.39, 0.29) is 34.6 Å². The number of sulfonamides is 1. The van der Waals surface area contributed by atoms with Crippen LogP contribution >= 0.6 is 11.6 Å². The van der Waals surface area contributed by atoms with Crippen molar-refractivity contribution in [3.63, 3.8) is 0 Å². The molecule has 2 aromatic rings. The number of halogens is 1. The molecule has 0 aromatic heterocycles. The van der Waals surface area contributed by atoms with Gasteiger partial charge in [0.1, 0.15) is 5.75 Å². The van der Waals surface area contributed by atoms with Gasteiger partial charge in [-0.1, -0.05) is 23.7 Å². The molecule has 1 aliphatic heterocycles. The van der Waals surface area contributed by atoms with E-state index in [4.69, 9.17) is 16.3 Å². The maximum atomic E-state index is 12.7. The molecule has 1 N–H and O–H groups in total. The fraction of sp³-hybridized carbons (Fsp3) is 0.263. The Labute approximate surface area is 168 Å². The summed E-state index contributed by atoms with van der Waals surface area (Å²) in [6, 6.07) is 11.1. The average molecular weight is 423 g/mol. The highest BCUT2D eigenvalue weighted by molar-refractivity contribution is 7.94. The molecule has 2 aromatic carbocycles. The summed E-state index contributed by atoms with van der Waals surface area (Å²) in [7, 11) is -3.79. The Morgan fingerprint density at radius 2 is 1.93 bits per heavy atom. The zero-order valence-corrected chi connectivity index (χ0v) is 16.9. The summed E-state index contributed by atoms with van der Waals surface area (Å²) in [5, 5.41) is 2.81. The van der Waals surface area contributed by atoms with Gasteiger partial charge < -0.3 is 10.1 Å². The first-order valence-corrected chi connectivity index (χ1v) is 10.6. The molecule has 28 heavy (non-hydrogen) atoms. The van der Waals surface area contributed by atoms with Crippen LogP contribution in [0.3, 0.4) is 0 Å². The Balaban J connectivity index is 1.92. The SMILES string of the molecule is CC(C)Oc1ccccc1NC(=O)c1ccc(Cl)c(N2C(=O)CCS2(=O)=O)c1. The van der Waals surface area contributed by atoms with Crippen molar-refractivity contribution in [2.45, 2.75) is 26.4 Å². The third-order valence-electron chi connectivity index (χ3n) is 4.00. The van der Waals surface area contributed by atoms with Crippen LogP contribution in [-0.4, -0.2) is 32.1 Å². The van der Waals surface area contributed by atoms with Crippen molar-refractivity contribution >= 4 is 44.8 Å². The lowest BCUT2D eigenvalue weighted by Crippen LogP contribution is -2.30. The van der Waals surface area contributed by atoms with Gasteiger partial charge in [-0.05, 0) is 44.2 Å². The molecule has 0 unspecified atom stereocenters. The summed E-state index contributed by atoms with van der Waals surface area (Å²) in [5.41, 5.74) is 0.611. The minimum Gasteiger partial charge on any atom is -0.489 e. The summed E-state index contributed by atoms with van der Waals surface area (Å²) in [6.45, 7) is 3.75. The molecule has 0 radical (unpaired) electrons. The number of carbonyl (C=O) groups excluding carboxylic acids is 2. The molecule has 1 aliphatic rings. The van der Waals surface area contributed by atoms with Crippen LogP contribution in [0, 0.1) is 0 Å². The van der Waals surface area contributed by atoms with Crippen LogP contribution in [0.1, 0.15) is 30.6 Å². The lowest BCUT2D eigenvalue weighted by atomic mass is 10.1. The quantitative estimate of drug-likeness (QED) is 0.796. The third kappa shape index (κ3) is 4.13. The standard InChI is InChI=1S/C19H19ClN2O5S/c1-12(2)27-17-6-4-3-5-15(17)21-19(24)13-7-8-14(20)16(11-13)22-18(23)9-10-28(22,25)26/h3-8,11-12H,9-10H2,1-2H3,(H,21,24). The number of amides is 2. The second kappa shape index (κ2) is 7.81. The van der Waals surface area contributed by atoms with Crippen molar-refractivity contribution < 1.29 is 22.7 Å². The van der Waals surface area contributed by atoms with Crippen molar-refractivity contribution in [1.82, 2.24) is 0 Å². The normalized spacial score (nSPS) is 15.7. The van der Waals surface area contributed by atoms with Crippen LogP contribution < -0.4 is 14.4 Å². The van der Waals surface area contributed by atoms with Gasteiger partial charge in [0, 0.05) is 12.0 Å². The average Bonchev–Trinajstić information content (AvgIpc) is 2.89. The Kier molecular flexibility index (Phi) is 5.62. The molecule has 0 spiro atoms. The fourth-order valence-electron chi connectivity index (χ4n) is 2.78. The molecule has 1 saturated heterocycles. The smallest absolute Gasteiger partial charge is 0.255 e. The zero-order chi connectivity index (χ0) is 20.5. The molecule has 2 amide bonds. The van der Waals surface area contributed by atoms with Gasteiger partial charge in [0.05, 0.1) is 28.3 Å². The van der Waals surface area contributed by atoms with E-state index in [1.54, 1.807) is 24.3 Å². The van der Waals surface area contributed by atoms with Crippen molar-refractivity contribution in [2.75, 3.05) is 15.4 Å². The van der Waals surface area contributed by atoms with Crippen LogP contribution in [0.4, 0.5) is 11.4 Å². The molecular weight excluding hydrogens is 404 g/mol. The van der Waals surface area contributed by atoms with E-state index in [2.05, 4.69) is 5.32 Å². The van der Waals surface area contributed by atoms with Gasteiger partial charge in [-0.2, -0.15) is 0 Å². The highest BCUT2D eigenvalue weighted by Gasteiger charge is 2.37. The first-order chi connectivity index (χ1) is 13.2. The molecule has 0 atom stereocenters. The summed E-state index contributed by atoms with van der Waals surface area (Å²) >= 11 is 6.11. The zero-order valence-electron chi connectivity index (χ0n) is 15.3. The fourth-order valence-corrected chi connectivity index (χ4v) is 4.50. The van der Waals surface area contributed by atoms with E-state index in [0.29, 0.717) is 15.7 Å². The number of hydrogen-bond acceptors (Lipinski definition) is 5. The Bertz CT molecular complexity index is 1040. The topological polar surface area (TPSA) is 92.8 Å². The molecule has 148 valence electrons. The largest absolute Gasteiger partial charge is 0.489 e. The highest BCUT2D eigenvalue weighted by Crippen LogP contribution is 2.33. The van der Waals surface area contributed by atoms with Crippen LogP contribution in [0.5, 0.6) is 5.75 Å². The molecule has 9 heteroatoms. The Morgan fingerprint density at radius 1 is 1.21 bits per heavy atom. The maximum absolute atomic E-state index is 12.7. The monoisotopic (exact) mass is 422 g/mol. The van der Waals surface area contributed by atoms with Gasteiger partial charge in [-0.25, -0.2) is 12.7 Å². The lowest BCUT2D eigenvalue weighted by molar-refractivity contribution is -0.116. The number of nitrogens with one attached hydrogen (secondary N) is 1. The number of carbonyl (C=O) groups is 2. The van der Waals surface area contributed by atoms with E-state index in [1.165, 1.54) is 18.2 Å². The molecule has 7 nitrogen and oxygen atoms in total. The van der Waals surface area contributed by atoms with Gasteiger partial charge >= 0.3 is 0 Å². The van der Waals surface area contributed by atoms with Crippen LogP contribution in [-0.2, 0) is 14.8 Å². The summed E-state index contributed by atoms with van der Waals surface area (Å²) in [5.74, 6) is -0.826. The number of para-hydroxylation sites is 2. The van der Waals surface area contributed by atoms with E-state index in [0.717, 1.165) is 0 Å². The highest BCUT2D eigenvalue weighted by atomic mass is 35.5. The second-order valence-electron chi connectivity index (χ2n) is 6.51. The van der Waals surface area contributed by atoms with Crippen molar-refractivity contribution in [3.05, 3.63) is 53.1 Å². The van der Waals surface area contributed by atoms with Gasteiger partial charge in [-0.3, -0.25) is 9.59 Å². The summed E-state index contributed by atoms with van der Waals surface area (Å²) < 4.78 is 30.7. The van der Waals surface area contributed by atoms with Gasteiger partial charge in [0.25, 0.3) is 5.91 Å². The van der Waals surface area contributed by atoms with Gasteiger partial charge in [0.15, 0.2) is 0 Å². The van der Waals surface area contributed by atoms with E-state index in [1.807, 2.05) is 13.8 Å². The molecule has 0 bridgehead atoms. The molecular formula is C19H19ClN2O5S. The van der Waals surface area contributed by atoms with Crippen molar-refractivity contribution in [3.8, 4) is 5.75 Å². The predicted molar refractivity (Wildman–Crippen MR) is 108 cm³/mol. The minimum atomic E-state index is -3.79. The first kappa shape index (κ1) is 20.2. The molecule has 1 fully saturated rings. The van der Waals surface area contributed by atoms with Gasteiger partial charge in [0.2, 0.25) is 15.9 Å². The maximum Gasteiger partial charge on any atom is 0.255 e. The molecule has 0 saturated carbocycles. The molecule has 1 heterocycles. The van der Waals surface area contributed by atoms with Crippen LogP contribution in [0.2, 0.25) is 5.02 Å². The number of rotatable bonds is 5.